The fourth-order valence-corrected chi connectivity index (χ4v) is 4.24. The van der Waals surface area contributed by atoms with Crippen LogP contribution in [-0.4, -0.2) is 35.1 Å². The maximum atomic E-state index is 12.4. The van der Waals surface area contributed by atoms with Gasteiger partial charge in [0.05, 0.1) is 7.11 Å². The van der Waals surface area contributed by atoms with Gasteiger partial charge in [-0.25, -0.2) is 0 Å². The first-order valence-corrected chi connectivity index (χ1v) is 10.7. The summed E-state index contributed by atoms with van der Waals surface area (Å²) in [6.07, 6.45) is 3.29. The lowest BCUT2D eigenvalue weighted by molar-refractivity contribution is -0.152. The van der Waals surface area contributed by atoms with Crippen LogP contribution in [0.15, 0.2) is 33.9 Å². The monoisotopic (exact) mass is 404 g/mol. The number of esters is 1. The number of thioether (sulfide) groups is 1. The highest BCUT2D eigenvalue weighted by Gasteiger charge is 2.33. The zero-order valence-corrected chi connectivity index (χ0v) is 17.7. The van der Waals surface area contributed by atoms with E-state index in [2.05, 4.69) is 31.0 Å². The van der Waals surface area contributed by atoms with E-state index in [1.807, 2.05) is 24.3 Å². The largest absolute Gasteiger partial charge is 0.497 e. The van der Waals surface area contributed by atoms with E-state index in [9.17, 15) is 4.79 Å². The van der Waals surface area contributed by atoms with E-state index in [0.717, 1.165) is 24.2 Å². The van der Waals surface area contributed by atoms with E-state index in [0.29, 0.717) is 28.9 Å². The lowest BCUT2D eigenvalue weighted by Gasteiger charge is -2.36. The van der Waals surface area contributed by atoms with Crippen molar-refractivity contribution in [2.24, 2.45) is 17.8 Å². The molecular weight excluding hydrogens is 376 g/mol. The zero-order valence-electron chi connectivity index (χ0n) is 16.9. The molecule has 1 heterocycles. The molecule has 0 saturated heterocycles. The Bertz CT molecular complexity index is 775. The second kappa shape index (κ2) is 9.45. The third-order valence-electron chi connectivity index (χ3n) is 5.30. The minimum atomic E-state index is -0.223. The smallest absolute Gasteiger partial charge is 0.316 e. The molecule has 3 atom stereocenters. The SMILES string of the molecule is COc1ccc(-c2nnc(SCC(=O)OC3CC(C)CCC3C(C)C)o2)cc1. The number of benzene rings is 1. The van der Waals surface area contributed by atoms with E-state index < -0.39 is 0 Å². The van der Waals surface area contributed by atoms with Gasteiger partial charge in [0.15, 0.2) is 0 Å². The Hall–Kier alpha value is -2.02. The molecule has 1 aromatic heterocycles. The lowest BCUT2D eigenvalue weighted by atomic mass is 9.75. The van der Waals surface area contributed by atoms with Crippen molar-refractivity contribution in [1.29, 1.82) is 0 Å². The number of methoxy groups -OCH3 is 1. The highest BCUT2D eigenvalue weighted by molar-refractivity contribution is 7.99. The first kappa shape index (κ1) is 20.7. The molecule has 1 aliphatic carbocycles. The second-order valence-corrected chi connectivity index (χ2v) is 8.67. The van der Waals surface area contributed by atoms with Gasteiger partial charge in [-0.3, -0.25) is 4.79 Å². The van der Waals surface area contributed by atoms with Crippen LogP contribution in [0.2, 0.25) is 0 Å². The summed E-state index contributed by atoms with van der Waals surface area (Å²) < 4.78 is 16.6. The summed E-state index contributed by atoms with van der Waals surface area (Å²) in [5.74, 6) is 2.68. The Labute approximate surface area is 170 Å². The van der Waals surface area contributed by atoms with Crippen LogP contribution in [0.1, 0.15) is 40.0 Å². The molecule has 0 amide bonds. The number of carbonyl (C=O) groups is 1. The molecule has 152 valence electrons. The normalized spacial score (nSPS) is 22.2. The molecule has 0 bridgehead atoms. The quantitative estimate of drug-likeness (QED) is 0.483. The standard InChI is InChI=1S/C21H28N2O4S/c1-13(2)17-10-5-14(3)11-18(17)26-19(24)12-28-21-23-22-20(27-21)15-6-8-16(25-4)9-7-15/h6-9,13-14,17-18H,5,10-12H2,1-4H3. The highest BCUT2D eigenvalue weighted by Crippen LogP contribution is 2.35. The predicted octanol–water partition coefficient (Wildman–Crippen LogP) is 4.84. The molecule has 0 spiro atoms. The van der Waals surface area contributed by atoms with Crippen molar-refractivity contribution in [3.05, 3.63) is 24.3 Å². The highest BCUT2D eigenvalue weighted by atomic mass is 32.2. The van der Waals surface area contributed by atoms with Crippen molar-refractivity contribution in [1.82, 2.24) is 10.2 Å². The molecular formula is C21H28N2O4S. The lowest BCUT2D eigenvalue weighted by Crippen LogP contribution is -2.36. The first-order valence-electron chi connectivity index (χ1n) is 9.76. The van der Waals surface area contributed by atoms with Crippen LogP contribution >= 0.6 is 11.8 Å². The predicted molar refractivity (Wildman–Crippen MR) is 108 cm³/mol. The average Bonchev–Trinajstić information content (AvgIpc) is 3.15. The maximum Gasteiger partial charge on any atom is 0.316 e. The minimum absolute atomic E-state index is 0.00870. The van der Waals surface area contributed by atoms with Gasteiger partial charge in [-0.15, -0.1) is 10.2 Å². The number of aromatic nitrogens is 2. The van der Waals surface area contributed by atoms with Crippen LogP contribution < -0.4 is 4.74 Å². The Morgan fingerprint density at radius 2 is 2.00 bits per heavy atom. The molecule has 0 aliphatic heterocycles. The molecule has 7 heteroatoms. The summed E-state index contributed by atoms with van der Waals surface area (Å²) in [7, 11) is 1.62. The van der Waals surface area contributed by atoms with E-state index in [4.69, 9.17) is 13.9 Å². The number of ether oxygens (including phenoxy) is 2. The first-order chi connectivity index (χ1) is 13.5. The van der Waals surface area contributed by atoms with Gasteiger partial charge in [-0.05, 0) is 54.9 Å². The molecule has 3 unspecified atom stereocenters. The van der Waals surface area contributed by atoms with Crippen molar-refractivity contribution in [3.63, 3.8) is 0 Å². The van der Waals surface area contributed by atoms with Gasteiger partial charge < -0.3 is 13.9 Å². The molecule has 0 radical (unpaired) electrons. The molecule has 1 saturated carbocycles. The number of hydrogen-bond acceptors (Lipinski definition) is 7. The minimum Gasteiger partial charge on any atom is -0.497 e. The summed E-state index contributed by atoms with van der Waals surface area (Å²) in [6, 6.07) is 7.37. The summed E-state index contributed by atoms with van der Waals surface area (Å²) in [4.78, 5) is 12.4. The Balaban J connectivity index is 1.53. The fraction of sp³-hybridized carbons (Fsp3) is 0.571. The van der Waals surface area contributed by atoms with Gasteiger partial charge in [0.2, 0.25) is 5.89 Å². The van der Waals surface area contributed by atoms with Gasteiger partial charge in [0.25, 0.3) is 5.22 Å². The second-order valence-electron chi connectivity index (χ2n) is 7.74. The number of rotatable bonds is 7. The third kappa shape index (κ3) is 5.28. The van der Waals surface area contributed by atoms with Gasteiger partial charge in [-0.1, -0.05) is 39.0 Å². The van der Waals surface area contributed by atoms with Crippen LogP contribution in [0.5, 0.6) is 5.75 Å². The van der Waals surface area contributed by atoms with Crippen LogP contribution in [-0.2, 0) is 9.53 Å². The van der Waals surface area contributed by atoms with Gasteiger partial charge in [-0.2, -0.15) is 0 Å². The van der Waals surface area contributed by atoms with Gasteiger partial charge in [0.1, 0.15) is 17.6 Å². The number of carbonyl (C=O) groups excluding carboxylic acids is 1. The van der Waals surface area contributed by atoms with Gasteiger partial charge >= 0.3 is 5.97 Å². The Morgan fingerprint density at radius 3 is 2.68 bits per heavy atom. The summed E-state index contributed by atoms with van der Waals surface area (Å²) in [6.45, 7) is 6.63. The van der Waals surface area contributed by atoms with Crippen LogP contribution in [0.4, 0.5) is 0 Å². The molecule has 2 aromatic rings. The average molecular weight is 405 g/mol. The van der Waals surface area contributed by atoms with E-state index in [1.54, 1.807) is 7.11 Å². The summed E-state index contributed by atoms with van der Waals surface area (Å²) in [5.41, 5.74) is 0.804. The molecule has 28 heavy (non-hydrogen) atoms. The van der Waals surface area contributed by atoms with Crippen molar-refractivity contribution < 1.29 is 18.7 Å². The van der Waals surface area contributed by atoms with Crippen molar-refractivity contribution in [3.8, 4) is 17.2 Å². The molecule has 0 N–H and O–H groups in total. The Morgan fingerprint density at radius 1 is 1.25 bits per heavy atom. The van der Waals surface area contributed by atoms with Crippen molar-refractivity contribution >= 4 is 17.7 Å². The molecule has 1 aromatic carbocycles. The summed E-state index contributed by atoms with van der Waals surface area (Å²) in [5, 5.41) is 8.43. The van der Waals surface area contributed by atoms with Crippen LogP contribution in [0, 0.1) is 17.8 Å². The molecule has 6 nitrogen and oxygen atoms in total. The fourth-order valence-electron chi connectivity index (χ4n) is 3.69. The van der Waals surface area contributed by atoms with Crippen molar-refractivity contribution in [2.45, 2.75) is 51.4 Å². The Kier molecular flexibility index (Phi) is 6.99. The zero-order chi connectivity index (χ0) is 20.1. The molecule has 1 fully saturated rings. The summed E-state index contributed by atoms with van der Waals surface area (Å²) >= 11 is 1.21. The number of nitrogens with zero attached hydrogens (tertiary/aromatic N) is 2. The van der Waals surface area contributed by atoms with E-state index >= 15 is 0 Å². The van der Waals surface area contributed by atoms with Crippen molar-refractivity contribution in [2.75, 3.05) is 12.9 Å². The van der Waals surface area contributed by atoms with Crippen LogP contribution in [0.25, 0.3) is 11.5 Å². The topological polar surface area (TPSA) is 74.5 Å². The van der Waals surface area contributed by atoms with E-state index in [1.165, 1.54) is 18.2 Å². The maximum absolute atomic E-state index is 12.4. The van der Waals surface area contributed by atoms with Crippen LogP contribution in [0.3, 0.4) is 0 Å². The number of hydrogen-bond donors (Lipinski definition) is 0. The molecule has 1 aliphatic rings. The third-order valence-corrected chi connectivity index (χ3v) is 6.09. The van der Waals surface area contributed by atoms with E-state index in [-0.39, 0.29) is 17.8 Å². The van der Waals surface area contributed by atoms with Gasteiger partial charge in [0, 0.05) is 5.56 Å². The molecule has 3 rings (SSSR count).